The summed E-state index contributed by atoms with van der Waals surface area (Å²) in [6, 6.07) is 7.24. The SMILES string of the molecule is CC(=O)NC(Cc1c[nH]c2ccccc12)C(=O)NCc1ncc2c(n1)CCC2. The largest absolute Gasteiger partial charge is 0.361 e. The Bertz CT molecular complexity index is 1030. The van der Waals surface area contributed by atoms with E-state index >= 15 is 0 Å². The van der Waals surface area contributed by atoms with Gasteiger partial charge in [0.05, 0.1) is 6.54 Å². The molecule has 144 valence electrons. The number of carbonyl (C=O) groups is 2. The first kappa shape index (κ1) is 18.2. The molecule has 0 aliphatic heterocycles. The van der Waals surface area contributed by atoms with Crippen molar-refractivity contribution in [2.75, 3.05) is 0 Å². The number of hydrogen-bond donors (Lipinski definition) is 3. The Kier molecular flexibility index (Phi) is 5.06. The molecule has 3 aromatic rings. The smallest absolute Gasteiger partial charge is 0.243 e. The first-order chi connectivity index (χ1) is 13.6. The molecule has 2 amide bonds. The molecular formula is C21H23N5O2. The normalized spacial score (nSPS) is 13.9. The van der Waals surface area contributed by atoms with Gasteiger partial charge in [-0.15, -0.1) is 0 Å². The molecule has 2 heterocycles. The highest BCUT2D eigenvalue weighted by atomic mass is 16.2. The van der Waals surface area contributed by atoms with E-state index in [0.29, 0.717) is 12.2 Å². The number of amides is 2. The van der Waals surface area contributed by atoms with Crippen LogP contribution in [0, 0.1) is 0 Å². The first-order valence-electron chi connectivity index (χ1n) is 9.53. The fourth-order valence-corrected chi connectivity index (χ4v) is 3.70. The molecule has 0 bridgehead atoms. The van der Waals surface area contributed by atoms with Crippen LogP contribution >= 0.6 is 0 Å². The number of hydrogen-bond acceptors (Lipinski definition) is 4. The third-order valence-corrected chi connectivity index (χ3v) is 5.08. The van der Waals surface area contributed by atoms with E-state index in [9.17, 15) is 9.59 Å². The van der Waals surface area contributed by atoms with E-state index < -0.39 is 6.04 Å². The van der Waals surface area contributed by atoms with Crippen molar-refractivity contribution in [1.82, 2.24) is 25.6 Å². The molecule has 4 rings (SSSR count). The summed E-state index contributed by atoms with van der Waals surface area (Å²) in [5.74, 6) is 0.112. The lowest BCUT2D eigenvalue weighted by Crippen LogP contribution is -2.47. The zero-order valence-electron chi connectivity index (χ0n) is 15.8. The van der Waals surface area contributed by atoms with Crippen LogP contribution < -0.4 is 10.6 Å². The van der Waals surface area contributed by atoms with Gasteiger partial charge in [-0.2, -0.15) is 0 Å². The molecule has 7 heteroatoms. The molecule has 1 aliphatic carbocycles. The van der Waals surface area contributed by atoms with Gasteiger partial charge in [-0.25, -0.2) is 9.97 Å². The van der Waals surface area contributed by atoms with E-state index in [1.165, 1.54) is 12.5 Å². The van der Waals surface area contributed by atoms with Gasteiger partial charge in [0.25, 0.3) is 0 Å². The summed E-state index contributed by atoms with van der Waals surface area (Å²) >= 11 is 0. The number of H-pyrrole nitrogens is 1. The summed E-state index contributed by atoms with van der Waals surface area (Å²) in [6.45, 7) is 1.66. The zero-order valence-corrected chi connectivity index (χ0v) is 15.8. The Morgan fingerprint density at radius 2 is 2.11 bits per heavy atom. The van der Waals surface area contributed by atoms with Crippen molar-refractivity contribution in [1.29, 1.82) is 0 Å². The number of aromatic amines is 1. The molecule has 1 atom stereocenters. The number of nitrogens with one attached hydrogen (secondary N) is 3. The second-order valence-electron chi connectivity index (χ2n) is 7.15. The molecule has 3 N–H and O–H groups in total. The van der Waals surface area contributed by atoms with Crippen LogP contribution in [0.25, 0.3) is 10.9 Å². The highest BCUT2D eigenvalue weighted by Gasteiger charge is 2.22. The molecule has 0 fully saturated rings. The predicted molar refractivity (Wildman–Crippen MR) is 106 cm³/mol. The van der Waals surface area contributed by atoms with Crippen LogP contribution in [-0.2, 0) is 35.4 Å². The minimum Gasteiger partial charge on any atom is -0.361 e. The van der Waals surface area contributed by atoms with Crippen LogP contribution in [0.2, 0.25) is 0 Å². The number of nitrogens with zero attached hydrogens (tertiary/aromatic N) is 2. The number of carbonyl (C=O) groups excluding carboxylic acids is 2. The van der Waals surface area contributed by atoms with Crippen LogP contribution in [0.5, 0.6) is 0 Å². The molecule has 2 aromatic heterocycles. The third kappa shape index (κ3) is 3.88. The molecule has 1 unspecified atom stereocenters. The van der Waals surface area contributed by atoms with E-state index in [2.05, 4.69) is 25.6 Å². The summed E-state index contributed by atoms with van der Waals surface area (Å²) in [5.41, 5.74) is 4.27. The van der Waals surface area contributed by atoms with Crippen LogP contribution in [0.4, 0.5) is 0 Å². The Morgan fingerprint density at radius 3 is 2.96 bits per heavy atom. The topological polar surface area (TPSA) is 99.8 Å². The monoisotopic (exact) mass is 377 g/mol. The lowest BCUT2D eigenvalue weighted by Gasteiger charge is -2.17. The third-order valence-electron chi connectivity index (χ3n) is 5.08. The van der Waals surface area contributed by atoms with E-state index in [4.69, 9.17) is 0 Å². The number of para-hydroxylation sites is 1. The predicted octanol–water partition coefficient (Wildman–Crippen LogP) is 1.81. The molecule has 7 nitrogen and oxygen atoms in total. The summed E-state index contributed by atoms with van der Waals surface area (Å²) in [4.78, 5) is 36.5. The minimum atomic E-state index is -0.661. The second kappa shape index (κ2) is 7.80. The quantitative estimate of drug-likeness (QED) is 0.610. The van der Waals surface area contributed by atoms with Crippen molar-refractivity contribution in [3.8, 4) is 0 Å². The molecule has 1 aromatic carbocycles. The molecule has 1 aliphatic rings. The maximum Gasteiger partial charge on any atom is 0.243 e. The van der Waals surface area contributed by atoms with Crippen molar-refractivity contribution in [2.45, 2.75) is 45.2 Å². The number of benzene rings is 1. The molecule has 0 saturated carbocycles. The fourth-order valence-electron chi connectivity index (χ4n) is 3.70. The van der Waals surface area contributed by atoms with E-state index in [0.717, 1.165) is 41.4 Å². The lowest BCUT2D eigenvalue weighted by molar-refractivity contribution is -0.128. The number of aryl methyl sites for hydroxylation is 2. The summed E-state index contributed by atoms with van der Waals surface area (Å²) in [6.07, 6.45) is 7.24. The molecule has 0 radical (unpaired) electrons. The maximum atomic E-state index is 12.8. The van der Waals surface area contributed by atoms with Crippen molar-refractivity contribution in [3.05, 3.63) is 59.3 Å². The van der Waals surface area contributed by atoms with Gasteiger partial charge in [0.2, 0.25) is 11.8 Å². The van der Waals surface area contributed by atoms with Gasteiger partial charge in [0.15, 0.2) is 0 Å². The summed E-state index contributed by atoms with van der Waals surface area (Å²) < 4.78 is 0. The highest BCUT2D eigenvalue weighted by Crippen LogP contribution is 2.20. The fraction of sp³-hybridized carbons (Fsp3) is 0.333. The van der Waals surface area contributed by atoms with E-state index in [1.807, 2.05) is 36.7 Å². The Hall–Kier alpha value is -3.22. The van der Waals surface area contributed by atoms with E-state index in [-0.39, 0.29) is 18.4 Å². The van der Waals surface area contributed by atoms with Gasteiger partial charge in [-0.1, -0.05) is 18.2 Å². The van der Waals surface area contributed by atoms with Crippen LogP contribution in [0.3, 0.4) is 0 Å². The van der Waals surface area contributed by atoms with Crippen LogP contribution in [-0.4, -0.2) is 32.8 Å². The Balaban J connectivity index is 1.46. The molecule has 0 spiro atoms. The average molecular weight is 377 g/mol. The lowest BCUT2D eigenvalue weighted by atomic mass is 10.0. The van der Waals surface area contributed by atoms with Crippen LogP contribution in [0.15, 0.2) is 36.7 Å². The first-order valence-corrected chi connectivity index (χ1v) is 9.53. The highest BCUT2D eigenvalue weighted by molar-refractivity contribution is 5.89. The number of rotatable bonds is 6. The van der Waals surface area contributed by atoms with Gasteiger partial charge >= 0.3 is 0 Å². The number of fused-ring (bicyclic) bond motifs is 2. The van der Waals surface area contributed by atoms with Gasteiger partial charge in [0.1, 0.15) is 11.9 Å². The summed E-state index contributed by atoms with van der Waals surface area (Å²) in [7, 11) is 0. The minimum absolute atomic E-state index is 0.242. The van der Waals surface area contributed by atoms with Gasteiger partial charge < -0.3 is 15.6 Å². The van der Waals surface area contributed by atoms with Gasteiger partial charge in [-0.05, 0) is 36.5 Å². The van der Waals surface area contributed by atoms with E-state index in [1.54, 1.807) is 0 Å². The van der Waals surface area contributed by atoms with Crippen molar-refractivity contribution < 1.29 is 9.59 Å². The van der Waals surface area contributed by atoms with Gasteiger partial charge in [0, 0.05) is 42.3 Å². The molecule has 28 heavy (non-hydrogen) atoms. The zero-order chi connectivity index (χ0) is 19.5. The average Bonchev–Trinajstić information content (AvgIpc) is 3.32. The van der Waals surface area contributed by atoms with Crippen molar-refractivity contribution >= 4 is 22.7 Å². The second-order valence-corrected chi connectivity index (χ2v) is 7.15. The Labute approximate surface area is 163 Å². The number of aromatic nitrogens is 3. The molecular weight excluding hydrogens is 354 g/mol. The standard InChI is InChI=1S/C21H23N5O2/c1-13(27)25-19(9-15-11-22-18-7-3-2-6-16(15)18)21(28)24-12-20-23-10-14-5-4-8-17(14)26-20/h2-3,6-7,10-11,19,22H,4-5,8-9,12H2,1H3,(H,24,28)(H,25,27). The summed E-state index contributed by atoms with van der Waals surface area (Å²) in [5, 5.41) is 6.67. The maximum absolute atomic E-state index is 12.8. The van der Waals surface area contributed by atoms with Crippen LogP contribution in [0.1, 0.15) is 36.0 Å². The van der Waals surface area contributed by atoms with Crippen molar-refractivity contribution in [3.63, 3.8) is 0 Å². The van der Waals surface area contributed by atoms with Gasteiger partial charge in [-0.3, -0.25) is 9.59 Å². The Morgan fingerprint density at radius 1 is 1.25 bits per heavy atom. The van der Waals surface area contributed by atoms with Crippen molar-refractivity contribution in [2.24, 2.45) is 0 Å². The molecule has 0 saturated heterocycles.